The zero-order chi connectivity index (χ0) is 12.9. The molecule has 0 aliphatic heterocycles. The van der Waals surface area contributed by atoms with Gasteiger partial charge in [0, 0.05) is 0 Å². The molecule has 96 valence electrons. The number of hydrogen-bond acceptors (Lipinski definition) is 3. The molecule has 0 bridgehead atoms. The molecule has 0 atom stereocenters. The van der Waals surface area contributed by atoms with E-state index in [-0.39, 0.29) is 0 Å². The smallest absolute Gasteiger partial charge is 0.242 e. The van der Waals surface area contributed by atoms with Gasteiger partial charge in [0.15, 0.2) is 5.75 Å². The van der Waals surface area contributed by atoms with Gasteiger partial charge in [-0.15, -0.1) is 0 Å². The molecule has 1 rings (SSSR count). The molecule has 4 heteroatoms. The van der Waals surface area contributed by atoms with E-state index in [0.29, 0.717) is 0 Å². The molecule has 0 fully saturated rings. The van der Waals surface area contributed by atoms with Crippen LogP contribution in [-0.2, 0) is 6.42 Å². The van der Waals surface area contributed by atoms with Gasteiger partial charge in [-0.3, -0.25) is 0 Å². The minimum atomic E-state index is -1.58. The maximum absolute atomic E-state index is 5.98. The molecule has 0 spiro atoms. The van der Waals surface area contributed by atoms with Gasteiger partial charge >= 0.3 is 0 Å². The molecule has 3 nitrogen and oxygen atoms in total. The first-order valence-corrected chi connectivity index (χ1v) is 9.37. The molecule has 0 aromatic heterocycles. The van der Waals surface area contributed by atoms with Gasteiger partial charge in [0.1, 0.15) is 5.75 Å². The van der Waals surface area contributed by atoms with Crippen molar-refractivity contribution in [1.29, 1.82) is 0 Å². The average Bonchev–Trinajstić information content (AvgIpc) is 2.25. The maximum atomic E-state index is 5.98. The van der Waals surface area contributed by atoms with Crippen molar-refractivity contribution in [2.24, 2.45) is 0 Å². The second kappa shape index (κ2) is 6.07. The van der Waals surface area contributed by atoms with E-state index >= 15 is 0 Å². The summed E-state index contributed by atoms with van der Waals surface area (Å²) in [5, 5.41) is 3.14. The van der Waals surface area contributed by atoms with E-state index in [1.165, 1.54) is 5.56 Å². The van der Waals surface area contributed by atoms with Gasteiger partial charge in [-0.1, -0.05) is 6.07 Å². The molecule has 0 heterocycles. The van der Waals surface area contributed by atoms with E-state index in [9.17, 15) is 0 Å². The Morgan fingerprint density at radius 3 is 2.41 bits per heavy atom. The second-order valence-electron chi connectivity index (χ2n) is 5.05. The Hall–Kier alpha value is -1.00. The van der Waals surface area contributed by atoms with Crippen LogP contribution in [0.4, 0.5) is 0 Å². The first kappa shape index (κ1) is 14.1. The standard InChI is InChI=1S/C13H23NO2Si/c1-14-9-8-11-6-7-12(13(10-11)15-2)16-17(3,4)5/h6-7,10,14H,8-9H2,1-5H3. The van der Waals surface area contributed by atoms with Gasteiger partial charge < -0.3 is 14.5 Å². The summed E-state index contributed by atoms with van der Waals surface area (Å²) in [5.41, 5.74) is 1.26. The Bertz CT molecular complexity index is 361. The zero-order valence-corrected chi connectivity index (χ0v) is 12.5. The summed E-state index contributed by atoms with van der Waals surface area (Å²) in [6.45, 7) is 7.47. The van der Waals surface area contributed by atoms with Gasteiger partial charge in [0.05, 0.1) is 7.11 Å². The van der Waals surface area contributed by atoms with Crippen LogP contribution in [0.2, 0.25) is 19.6 Å². The van der Waals surface area contributed by atoms with Gasteiger partial charge in [0.2, 0.25) is 8.32 Å². The second-order valence-corrected chi connectivity index (χ2v) is 9.48. The summed E-state index contributed by atoms with van der Waals surface area (Å²) in [6, 6.07) is 6.18. The Morgan fingerprint density at radius 2 is 1.88 bits per heavy atom. The molecule has 1 aromatic rings. The molecule has 0 saturated carbocycles. The Balaban J connectivity index is 2.85. The number of rotatable bonds is 6. The Kier molecular flexibility index (Phi) is 5.02. The molecule has 0 saturated heterocycles. The maximum Gasteiger partial charge on any atom is 0.242 e. The van der Waals surface area contributed by atoms with Crippen molar-refractivity contribution in [3.8, 4) is 11.5 Å². The van der Waals surface area contributed by atoms with Crippen molar-refractivity contribution in [2.45, 2.75) is 26.1 Å². The molecular formula is C13H23NO2Si. The molecule has 0 amide bonds. The zero-order valence-electron chi connectivity index (χ0n) is 11.5. The summed E-state index contributed by atoms with van der Waals surface area (Å²) < 4.78 is 11.4. The first-order valence-electron chi connectivity index (χ1n) is 5.97. The molecule has 0 radical (unpaired) electrons. The minimum absolute atomic E-state index is 0.834. The van der Waals surface area contributed by atoms with Crippen LogP contribution >= 0.6 is 0 Å². The summed E-state index contributed by atoms with van der Waals surface area (Å²) in [6.07, 6.45) is 1.00. The van der Waals surface area contributed by atoms with Crippen LogP contribution in [0.25, 0.3) is 0 Å². The van der Waals surface area contributed by atoms with Crippen LogP contribution in [0.5, 0.6) is 11.5 Å². The van der Waals surface area contributed by atoms with Crippen molar-refractivity contribution in [1.82, 2.24) is 5.32 Å². The lowest BCUT2D eigenvalue weighted by atomic mass is 10.1. The van der Waals surface area contributed by atoms with Crippen molar-refractivity contribution < 1.29 is 9.16 Å². The highest BCUT2D eigenvalue weighted by Gasteiger charge is 2.18. The van der Waals surface area contributed by atoms with Crippen molar-refractivity contribution in [3.05, 3.63) is 23.8 Å². The number of benzene rings is 1. The number of nitrogens with one attached hydrogen (secondary N) is 1. The van der Waals surface area contributed by atoms with Gasteiger partial charge in [-0.05, 0) is 57.4 Å². The monoisotopic (exact) mass is 253 g/mol. The van der Waals surface area contributed by atoms with E-state index in [4.69, 9.17) is 9.16 Å². The lowest BCUT2D eigenvalue weighted by Gasteiger charge is -2.21. The van der Waals surface area contributed by atoms with E-state index in [1.54, 1.807) is 7.11 Å². The fourth-order valence-electron chi connectivity index (χ4n) is 1.55. The summed E-state index contributed by atoms with van der Waals surface area (Å²) >= 11 is 0. The van der Waals surface area contributed by atoms with Crippen LogP contribution in [0.3, 0.4) is 0 Å². The van der Waals surface area contributed by atoms with Gasteiger partial charge in [0.25, 0.3) is 0 Å². The van der Waals surface area contributed by atoms with Crippen molar-refractivity contribution >= 4 is 8.32 Å². The molecule has 17 heavy (non-hydrogen) atoms. The van der Waals surface area contributed by atoms with Gasteiger partial charge in [-0.25, -0.2) is 0 Å². The minimum Gasteiger partial charge on any atom is -0.542 e. The van der Waals surface area contributed by atoms with Gasteiger partial charge in [-0.2, -0.15) is 0 Å². The molecule has 1 N–H and O–H groups in total. The average molecular weight is 253 g/mol. The van der Waals surface area contributed by atoms with Crippen LogP contribution in [0.15, 0.2) is 18.2 Å². The van der Waals surface area contributed by atoms with E-state index in [0.717, 1.165) is 24.5 Å². The van der Waals surface area contributed by atoms with E-state index in [1.807, 2.05) is 13.1 Å². The normalized spacial score (nSPS) is 11.4. The Morgan fingerprint density at radius 1 is 1.18 bits per heavy atom. The van der Waals surface area contributed by atoms with Crippen LogP contribution in [0.1, 0.15) is 5.56 Å². The number of methoxy groups -OCH3 is 1. The summed E-state index contributed by atoms with van der Waals surface area (Å²) in [7, 11) is 2.07. The molecule has 1 aromatic carbocycles. The first-order chi connectivity index (χ1) is 7.96. The van der Waals surface area contributed by atoms with E-state index in [2.05, 4.69) is 37.1 Å². The van der Waals surface area contributed by atoms with Crippen LogP contribution in [0, 0.1) is 0 Å². The predicted molar refractivity (Wildman–Crippen MR) is 74.6 cm³/mol. The fraction of sp³-hybridized carbons (Fsp3) is 0.538. The largest absolute Gasteiger partial charge is 0.542 e. The SMILES string of the molecule is CNCCc1ccc(O[Si](C)(C)C)c(OC)c1. The van der Waals surface area contributed by atoms with E-state index < -0.39 is 8.32 Å². The number of likely N-dealkylation sites (N-methyl/N-ethyl adjacent to an activating group) is 1. The van der Waals surface area contributed by atoms with Crippen LogP contribution < -0.4 is 14.5 Å². The summed E-state index contributed by atoms with van der Waals surface area (Å²) in [4.78, 5) is 0. The highest BCUT2D eigenvalue weighted by atomic mass is 28.4. The molecule has 0 aliphatic carbocycles. The molecule has 0 aliphatic rings. The van der Waals surface area contributed by atoms with Crippen molar-refractivity contribution in [2.75, 3.05) is 20.7 Å². The third-order valence-corrected chi connectivity index (χ3v) is 3.14. The quantitative estimate of drug-likeness (QED) is 0.791. The van der Waals surface area contributed by atoms with Crippen LogP contribution in [-0.4, -0.2) is 29.0 Å². The third kappa shape index (κ3) is 4.79. The molecule has 0 unspecified atom stereocenters. The van der Waals surface area contributed by atoms with Crippen molar-refractivity contribution in [3.63, 3.8) is 0 Å². The molecular weight excluding hydrogens is 230 g/mol. The lowest BCUT2D eigenvalue weighted by molar-refractivity contribution is 0.391. The fourth-order valence-corrected chi connectivity index (χ4v) is 2.38. The highest BCUT2D eigenvalue weighted by Crippen LogP contribution is 2.30. The lowest BCUT2D eigenvalue weighted by Crippen LogP contribution is -2.29. The summed E-state index contributed by atoms with van der Waals surface area (Å²) in [5.74, 6) is 1.70. The topological polar surface area (TPSA) is 30.5 Å². The number of ether oxygens (including phenoxy) is 1. The number of hydrogen-bond donors (Lipinski definition) is 1. The predicted octanol–water partition coefficient (Wildman–Crippen LogP) is 2.67. The third-order valence-electron chi connectivity index (χ3n) is 2.31. The Labute approximate surface area is 105 Å². The highest BCUT2D eigenvalue weighted by molar-refractivity contribution is 6.70.